The van der Waals surface area contributed by atoms with E-state index in [9.17, 15) is 9.59 Å². The zero-order valence-electron chi connectivity index (χ0n) is 14.6. The van der Waals surface area contributed by atoms with E-state index in [1.807, 2.05) is 11.9 Å². The second-order valence-electron chi connectivity index (χ2n) is 7.41. The Balaban J connectivity index is 1.72. The van der Waals surface area contributed by atoms with Gasteiger partial charge in [0.05, 0.1) is 5.92 Å². The number of carboxylic acid groups (broad SMARTS) is 1. The smallest absolute Gasteiger partial charge is 0.317 e. The fraction of sp³-hybridized carbons (Fsp3) is 0.889. The highest BCUT2D eigenvalue weighted by atomic mass is 16.4. The number of nitrogens with one attached hydrogen (secondary N) is 1. The molecule has 0 aromatic rings. The Hall–Kier alpha value is -1.26. The van der Waals surface area contributed by atoms with E-state index in [0.29, 0.717) is 18.9 Å². The third-order valence-corrected chi connectivity index (χ3v) is 5.79. The molecule has 2 rings (SSSR count). The molecule has 5 heteroatoms. The van der Waals surface area contributed by atoms with E-state index >= 15 is 0 Å². The van der Waals surface area contributed by atoms with Crippen LogP contribution in [0.1, 0.15) is 71.1 Å². The number of hydrogen-bond donors (Lipinski definition) is 2. The van der Waals surface area contributed by atoms with Crippen LogP contribution in [0.25, 0.3) is 0 Å². The van der Waals surface area contributed by atoms with Crippen molar-refractivity contribution in [3.63, 3.8) is 0 Å². The van der Waals surface area contributed by atoms with Crippen molar-refractivity contribution in [2.75, 3.05) is 7.05 Å². The van der Waals surface area contributed by atoms with Gasteiger partial charge in [0, 0.05) is 19.1 Å². The molecule has 23 heavy (non-hydrogen) atoms. The van der Waals surface area contributed by atoms with Gasteiger partial charge in [0.25, 0.3) is 0 Å². The number of amides is 2. The van der Waals surface area contributed by atoms with Crippen molar-refractivity contribution in [3.05, 3.63) is 0 Å². The van der Waals surface area contributed by atoms with E-state index in [0.717, 1.165) is 31.6 Å². The van der Waals surface area contributed by atoms with Crippen molar-refractivity contribution in [1.82, 2.24) is 10.2 Å². The maximum Gasteiger partial charge on any atom is 0.317 e. The lowest BCUT2D eigenvalue weighted by Crippen LogP contribution is -2.49. The maximum absolute atomic E-state index is 12.4. The summed E-state index contributed by atoms with van der Waals surface area (Å²) in [6.07, 6.45) is 10.2. The fourth-order valence-electron chi connectivity index (χ4n) is 4.16. The predicted molar refractivity (Wildman–Crippen MR) is 90.3 cm³/mol. The first-order chi connectivity index (χ1) is 11.0. The topological polar surface area (TPSA) is 69.6 Å². The molecule has 2 amide bonds. The molecular weight excluding hydrogens is 292 g/mol. The quantitative estimate of drug-likeness (QED) is 0.811. The Bertz CT molecular complexity index is 397. The van der Waals surface area contributed by atoms with E-state index in [1.54, 1.807) is 0 Å². The van der Waals surface area contributed by atoms with E-state index in [1.165, 1.54) is 25.7 Å². The Morgan fingerprint density at radius 2 is 1.65 bits per heavy atom. The zero-order chi connectivity index (χ0) is 16.8. The molecule has 2 aliphatic rings. The van der Waals surface area contributed by atoms with Crippen molar-refractivity contribution in [1.29, 1.82) is 0 Å². The molecule has 0 heterocycles. The summed E-state index contributed by atoms with van der Waals surface area (Å²) in [5.41, 5.74) is 0. The molecule has 2 saturated carbocycles. The third-order valence-electron chi connectivity index (χ3n) is 5.79. The Morgan fingerprint density at radius 3 is 2.17 bits per heavy atom. The maximum atomic E-state index is 12.4. The fourth-order valence-corrected chi connectivity index (χ4v) is 4.16. The van der Waals surface area contributed by atoms with Crippen LogP contribution in [0.2, 0.25) is 0 Å². The predicted octanol–water partition coefficient (Wildman–Crippen LogP) is 3.63. The van der Waals surface area contributed by atoms with Gasteiger partial charge in [-0.2, -0.15) is 0 Å². The summed E-state index contributed by atoms with van der Waals surface area (Å²) in [6, 6.07) is 0.512. The average Bonchev–Trinajstić information content (AvgIpc) is 2.55. The summed E-state index contributed by atoms with van der Waals surface area (Å²) < 4.78 is 0. The van der Waals surface area contributed by atoms with E-state index in [4.69, 9.17) is 5.11 Å². The Kier molecular flexibility index (Phi) is 6.72. The molecule has 0 aliphatic heterocycles. The number of rotatable bonds is 5. The van der Waals surface area contributed by atoms with Crippen LogP contribution in [0.4, 0.5) is 4.79 Å². The first kappa shape index (κ1) is 18.1. The minimum atomic E-state index is -0.698. The lowest BCUT2D eigenvalue weighted by molar-refractivity contribution is -0.142. The van der Waals surface area contributed by atoms with Crippen LogP contribution in [0.3, 0.4) is 0 Å². The van der Waals surface area contributed by atoms with E-state index in [2.05, 4.69) is 12.2 Å². The van der Waals surface area contributed by atoms with Crippen molar-refractivity contribution in [3.8, 4) is 0 Å². The van der Waals surface area contributed by atoms with Crippen LogP contribution < -0.4 is 5.32 Å². The van der Waals surface area contributed by atoms with Gasteiger partial charge in [-0.25, -0.2) is 4.79 Å². The zero-order valence-corrected chi connectivity index (χ0v) is 14.6. The molecule has 5 nitrogen and oxygen atoms in total. The van der Waals surface area contributed by atoms with Crippen LogP contribution >= 0.6 is 0 Å². The normalized spacial score (nSPS) is 31.4. The second kappa shape index (κ2) is 8.55. The molecular formula is C18H32N2O3. The van der Waals surface area contributed by atoms with E-state index in [-0.39, 0.29) is 18.0 Å². The molecule has 0 aromatic heterocycles. The van der Waals surface area contributed by atoms with Gasteiger partial charge in [0.2, 0.25) is 0 Å². The molecule has 0 bridgehead atoms. The number of aliphatic carboxylic acids is 1. The SMILES string of the molecule is CCCC1CCC(N(C)C(=O)NC2CCC(C(=O)O)CC2)CC1. The van der Waals surface area contributed by atoms with Gasteiger partial charge >= 0.3 is 12.0 Å². The van der Waals surface area contributed by atoms with Crippen LogP contribution in [0.15, 0.2) is 0 Å². The van der Waals surface area contributed by atoms with Crippen molar-refractivity contribution >= 4 is 12.0 Å². The number of carboxylic acids is 1. The molecule has 132 valence electrons. The molecule has 0 aromatic carbocycles. The van der Waals surface area contributed by atoms with E-state index < -0.39 is 5.97 Å². The van der Waals surface area contributed by atoms with Crippen LogP contribution in [-0.4, -0.2) is 41.1 Å². The summed E-state index contributed by atoms with van der Waals surface area (Å²) in [5, 5.41) is 12.1. The summed E-state index contributed by atoms with van der Waals surface area (Å²) in [6.45, 7) is 2.24. The number of carbonyl (C=O) groups is 2. The van der Waals surface area contributed by atoms with Gasteiger partial charge in [0.1, 0.15) is 0 Å². The van der Waals surface area contributed by atoms with Crippen LogP contribution in [-0.2, 0) is 4.79 Å². The molecule has 2 N–H and O–H groups in total. The van der Waals surface area contributed by atoms with Gasteiger partial charge in [-0.3, -0.25) is 4.79 Å². The number of urea groups is 1. The lowest BCUT2D eigenvalue weighted by atomic mass is 9.83. The number of nitrogens with zero attached hydrogens (tertiary/aromatic N) is 1. The average molecular weight is 324 g/mol. The Labute approximate surface area is 139 Å². The molecule has 0 spiro atoms. The lowest BCUT2D eigenvalue weighted by Gasteiger charge is -2.36. The second-order valence-corrected chi connectivity index (χ2v) is 7.41. The van der Waals surface area contributed by atoms with Gasteiger partial charge < -0.3 is 15.3 Å². The van der Waals surface area contributed by atoms with Crippen LogP contribution in [0, 0.1) is 11.8 Å². The standard InChI is InChI=1S/C18H32N2O3/c1-3-4-13-5-11-16(12-6-13)20(2)18(23)19-15-9-7-14(8-10-15)17(21)22/h13-16H,3-12H2,1-2H3,(H,19,23)(H,21,22). The molecule has 0 saturated heterocycles. The summed E-state index contributed by atoms with van der Waals surface area (Å²) in [7, 11) is 1.91. The highest BCUT2D eigenvalue weighted by Gasteiger charge is 2.30. The number of hydrogen-bond acceptors (Lipinski definition) is 2. The highest BCUT2D eigenvalue weighted by molar-refractivity contribution is 5.74. The molecule has 0 atom stereocenters. The van der Waals surface area contributed by atoms with Crippen molar-refractivity contribution in [2.24, 2.45) is 11.8 Å². The third kappa shape index (κ3) is 5.11. The Morgan fingerprint density at radius 1 is 1.04 bits per heavy atom. The first-order valence-electron chi connectivity index (χ1n) is 9.27. The van der Waals surface area contributed by atoms with Gasteiger partial charge in [-0.15, -0.1) is 0 Å². The van der Waals surface area contributed by atoms with Gasteiger partial charge in [-0.05, 0) is 57.3 Å². The minimum Gasteiger partial charge on any atom is -0.481 e. The monoisotopic (exact) mass is 324 g/mol. The van der Waals surface area contributed by atoms with Gasteiger partial charge in [0.15, 0.2) is 0 Å². The molecule has 0 unspecified atom stereocenters. The molecule has 2 aliphatic carbocycles. The van der Waals surface area contributed by atoms with Gasteiger partial charge in [-0.1, -0.05) is 19.8 Å². The largest absolute Gasteiger partial charge is 0.481 e. The van der Waals surface area contributed by atoms with Crippen LogP contribution in [0.5, 0.6) is 0 Å². The number of carbonyl (C=O) groups excluding carboxylic acids is 1. The van der Waals surface area contributed by atoms with Crippen molar-refractivity contribution in [2.45, 2.75) is 83.2 Å². The van der Waals surface area contributed by atoms with Crippen molar-refractivity contribution < 1.29 is 14.7 Å². The summed E-state index contributed by atoms with van der Waals surface area (Å²) in [4.78, 5) is 25.3. The highest BCUT2D eigenvalue weighted by Crippen LogP contribution is 2.30. The molecule has 0 radical (unpaired) electrons. The molecule has 2 fully saturated rings. The first-order valence-corrected chi connectivity index (χ1v) is 9.27. The summed E-state index contributed by atoms with van der Waals surface area (Å²) >= 11 is 0. The summed E-state index contributed by atoms with van der Waals surface area (Å²) in [5.74, 6) is -0.0792. The minimum absolute atomic E-state index is 0.0164.